The van der Waals surface area contributed by atoms with E-state index in [0.717, 1.165) is 0 Å². The van der Waals surface area contributed by atoms with Crippen LogP contribution < -0.4 is 29.6 Å². The smallest absolute Gasteiger partial charge is 1.00 e. The Morgan fingerprint density at radius 2 is 1.20 bits per heavy atom. The second-order valence-corrected chi connectivity index (χ2v) is 1.79. The second-order valence-electron chi connectivity index (χ2n) is 0.895. The van der Waals surface area contributed by atoms with Gasteiger partial charge < -0.3 is 11.6 Å². The first-order valence-corrected chi connectivity index (χ1v) is 3.23. The molecular weight excluding hydrogens is 175 g/mol. The second kappa shape index (κ2) is 9.79. The van der Waals surface area contributed by atoms with Crippen molar-refractivity contribution in [3.05, 3.63) is 0 Å². The Hall–Kier alpha value is 0.790. The summed E-state index contributed by atoms with van der Waals surface area (Å²) in [5, 5.41) is 15.2. The van der Waals surface area contributed by atoms with Crippen molar-refractivity contribution < 1.29 is 58.7 Å². The summed E-state index contributed by atoms with van der Waals surface area (Å²) >= 11 is 0. The Kier molecular flexibility index (Phi) is 16.7. The molecule has 0 atom stereocenters. The molecule has 0 bridgehead atoms. The van der Waals surface area contributed by atoms with E-state index in [2.05, 4.69) is 0 Å². The van der Waals surface area contributed by atoms with E-state index in [1.165, 1.54) is 0 Å². The fourth-order valence-corrected chi connectivity index (χ4v) is 0. The fourth-order valence-electron chi connectivity index (χ4n) is 0. The summed E-state index contributed by atoms with van der Waals surface area (Å²) < 4.78 is 31.6. The van der Waals surface area contributed by atoms with Crippen molar-refractivity contribution in [1.29, 1.82) is 0 Å². The van der Waals surface area contributed by atoms with Crippen molar-refractivity contribution in [2.24, 2.45) is 0 Å². The molecule has 0 radical (unpaired) electrons. The molecule has 0 aromatic carbocycles. The van der Waals surface area contributed by atoms with E-state index >= 15 is 0 Å². The van der Waals surface area contributed by atoms with Crippen molar-refractivity contribution in [1.82, 2.24) is 0 Å². The average molecular weight is 184 g/mol. The summed E-state index contributed by atoms with van der Waals surface area (Å²) in [6.07, 6.45) is 0. The molecule has 0 fully saturated rings. The van der Waals surface area contributed by atoms with Gasteiger partial charge in [0.05, 0.1) is 13.2 Å². The normalized spacial score (nSPS) is 8.80. The van der Waals surface area contributed by atoms with Crippen molar-refractivity contribution in [2.45, 2.75) is 0 Å². The van der Waals surface area contributed by atoms with Crippen LogP contribution in [-0.2, 0) is 10.4 Å². The molecule has 10 heavy (non-hydrogen) atoms. The molecule has 60 valence electrons. The largest absolute Gasteiger partial charge is 1.00 e. The molecule has 0 aliphatic carbocycles. The summed E-state index contributed by atoms with van der Waals surface area (Å²) in [6.45, 7) is -0.250. The topological polar surface area (TPSA) is 115 Å². The van der Waals surface area contributed by atoms with Crippen LogP contribution in [0.2, 0.25) is 0 Å². The van der Waals surface area contributed by atoms with Crippen LogP contribution in [0.3, 0.4) is 0 Å². The first-order chi connectivity index (χ1) is 3.91. The van der Waals surface area contributed by atoms with E-state index in [0.29, 0.717) is 0 Å². The molecule has 0 aromatic rings. The predicted octanol–water partition coefficient (Wildman–Crippen LogP) is -4.57. The summed E-state index contributed by atoms with van der Waals surface area (Å²) in [7, 11) is -4.67. The Morgan fingerprint density at radius 3 is 1.20 bits per heavy atom. The minimum absolute atomic E-state index is 0. The first kappa shape index (κ1) is 17.0. The monoisotopic (exact) mass is 184 g/mol. The summed E-state index contributed by atoms with van der Waals surface area (Å²) in [5.41, 5.74) is 0. The van der Waals surface area contributed by atoms with Crippen LogP contribution >= 0.6 is 0 Å². The van der Waals surface area contributed by atoms with Gasteiger partial charge in [0.15, 0.2) is 0 Å². The van der Waals surface area contributed by atoms with Crippen LogP contribution in [-0.4, -0.2) is 41.0 Å². The minimum Gasteiger partial charge on any atom is -1.00 e. The zero-order chi connectivity index (χ0) is 7.91. The molecule has 0 amide bonds. The average Bonchev–Trinajstić information content (AvgIpc) is 1.61. The Labute approximate surface area is 82.2 Å². The third kappa shape index (κ3) is 166. The maximum Gasteiger partial charge on any atom is 1.00 e. The summed E-state index contributed by atoms with van der Waals surface area (Å²) in [4.78, 5) is 0. The number of rotatable bonds is 1. The number of hydrogen-bond acceptors (Lipinski definition) is 4. The van der Waals surface area contributed by atoms with Gasteiger partial charge >= 0.3 is 40.0 Å². The quantitative estimate of drug-likeness (QED) is 0.241. The van der Waals surface area contributed by atoms with E-state index < -0.39 is 10.4 Å². The number of hydrogen-bond donors (Lipinski definition) is 4. The molecule has 4 N–H and O–H groups in total. The minimum atomic E-state index is -4.67. The van der Waals surface area contributed by atoms with Crippen molar-refractivity contribution >= 4 is 10.4 Å². The van der Waals surface area contributed by atoms with Gasteiger partial charge in [-0.2, -0.15) is 8.42 Å². The van der Waals surface area contributed by atoms with E-state index in [9.17, 15) is 0 Å². The van der Waals surface area contributed by atoms with Gasteiger partial charge in [0.25, 0.3) is 0 Å². The van der Waals surface area contributed by atoms with Gasteiger partial charge in [0.1, 0.15) is 0 Å². The molecule has 0 saturated heterocycles. The van der Waals surface area contributed by atoms with E-state index in [4.69, 9.17) is 27.7 Å². The molecule has 0 rings (SSSR count). The van der Waals surface area contributed by atoms with Gasteiger partial charge in [-0.15, -0.1) is 0 Å². The Bertz CT molecular complexity index is 124. The molecule has 6 nitrogen and oxygen atoms in total. The van der Waals surface area contributed by atoms with Gasteiger partial charge in [0.2, 0.25) is 0 Å². The SMILES string of the molecule is O=S(=O)(O)O.OCCO.[H-].[Na+]. The van der Waals surface area contributed by atoms with Gasteiger partial charge in [-0.25, -0.2) is 0 Å². The van der Waals surface area contributed by atoms with Crippen LogP contribution in [0.15, 0.2) is 0 Å². The molecular formula is C2H9NaO6S. The van der Waals surface area contributed by atoms with Crippen molar-refractivity contribution in [3.63, 3.8) is 0 Å². The molecule has 8 heteroatoms. The maximum atomic E-state index is 8.74. The molecule has 0 unspecified atom stereocenters. The van der Waals surface area contributed by atoms with Crippen LogP contribution in [0.5, 0.6) is 0 Å². The molecule has 0 aromatic heterocycles. The Balaban J connectivity index is -0.0000000383. The Morgan fingerprint density at radius 1 is 1.10 bits per heavy atom. The van der Waals surface area contributed by atoms with Gasteiger partial charge in [0, 0.05) is 0 Å². The van der Waals surface area contributed by atoms with Crippen LogP contribution in [0.25, 0.3) is 0 Å². The number of aliphatic hydroxyl groups is 2. The molecule has 0 saturated carbocycles. The third-order valence-corrected chi connectivity index (χ3v) is 0.1000. The van der Waals surface area contributed by atoms with Crippen LogP contribution in [0, 0.1) is 0 Å². The first-order valence-electron chi connectivity index (χ1n) is 1.83. The fraction of sp³-hybridized carbons (Fsp3) is 1.00. The number of aliphatic hydroxyl groups excluding tert-OH is 2. The summed E-state index contributed by atoms with van der Waals surface area (Å²) in [6, 6.07) is 0. The predicted molar refractivity (Wildman–Crippen MR) is 29.5 cm³/mol. The van der Waals surface area contributed by atoms with Gasteiger partial charge in [-0.1, -0.05) is 0 Å². The zero-order valence-electron chi connectivity index (χ0n) is 6.43. The third-order valence-electron chi connectivity index (χ3n) is 0.1000. The van der Waals surface area contributed by atoms with E-state index in [1.54, 1.807) is 0 Å². The van der Waals surface area contributed by atoms with E-state index in [-0.39, 0.29) is 44.2 Å². The van der Waals surface area contributed by atoms with Crippen molar-refractivity contribution in [3.8, 4) is 0 Å². The van der Waals surface area contributed by atoms with E-state index in [1.807, 2.05) is 0 Å². The van der Waals surface area contributed by atoms with Crippen molar-refractivity contribution in [2.75, 3.05) is 13.2 Å². The van der Waals surface area contributed by atoms with Gasteiger partial charge in [-0.3, -0.25) is 9.11 Å². The van der Waals surface area contributed by atoms with Gasteiger partial charge in [-0.05, 0) is 0 Å². The molecule has 0 aliphatic heterocycles. The standard InChI is InChI=1S/C2H6O2.Na.H2O4S.H/c3-1-2-4;;1-5(2,3)4;/h3-4H,1-2H2;;(H2,1,2,3,4);/q;+1;;-1. The zero-order valence-corrected chi connectivity index (χ0v) is 8.24. The molecule has 0 spiro atoms. The van der Waals surface area contributed by atoms with Crippen LogP contribution in [0.1, 0.15) is 1.43 Å². The molecule has 0 heterocycles. The van der Waals surface area contributed by atoms with Crippen LogP contribution in [0.4, 0.5) is 0 Å². The molecule has 0 aliphatic rings. The maximum absolute atomic E-state index is 8.74. The summed E-state index contributed by atoms with van der Waals surface area (Å²) in [5.74, 6) is 0.